The molecule has 10 heteroatoms. The Morgan fingerprint density at radius 1 is 1.22 bits per heavy atom. The summed E-state index contributed by atoms with van der Waals surface area (Å²) < 4.78 is 43.7. The van der Waals surface area contributed by atoms with Crippen molar-refractivity contribution in [2.75, 3.05) is 18.4 Å². The molecule has 176 valence electrons. The molecule has 0 bridgehead atoms. The van der Waals surface area contributed by atoms with Gasteiger partial charge in [-0.3, -0.25) is 0 Å². The van der Waals surface area contributed by atoms with Crippen LogP contribution in [0.3, 0.4) is 0 Å². The Kier molecular flexibility index (Phi) is 8.34. The molecule has 1 aromatic carbocycles. The molecule has 0 aliphatic rings. The molecule has 32 heavy (non-hydrogen) atoms. The molecular formula is C22H28ClF3N4O2. The number of rotatable bonds is 7. The molecule has 1 heterocycles. The number of anilines is 2. The number of ether oxygens (including phenoxy) is 1. The maximum absolute atomic E-state index is 12.8. The summed E-state index contributed by atoms with van der Waals surface area (Å²) in [4.78, 5) is 21.3. The quantitative estimate of drug-likeness (QED) is 0.457. The Morgan fingerprint density at radius 2 is 1.84 bits per heavy atom. The number of aromatic nitrogens is 2. The standard InChI is InChI=1S/C22H28ClF3N4O2/c1-6-30(20(31)32-21(3,4)5)12-11-14(2)15-7-9-16(10-8-15)28-19-27-13-17(18(23)29-19)22(24,25)26/h7-10,13-14H,6,11-12H2,1-5H3,(H,27,28,29). The normalized spacial score (nSPS) is 12.9. The van der Waals surface area contributed by atoms with E-state index in [1.54, 1.807) is 17.0 Å². The Balaban J connectivity index is 1.97. The molecule has 0 aliphatic carbocycles. The Bertz CT molecular complexity index is 915. The highest BCUT2D eigenvalue weighted by Gasteiger charge is 2.34. The predicted molar refractivity (Wildman–Crippen MR) is 118 cm³/mol. The second-order valence-corrected chi connectivity index (χ2v) is 8.75. The van der Waals surface area contributed by atoms with E-state index in [4.69, 9.17) is 16.3 Å². The van der Waals surface area contributed by atoms with E-state index in [0.717, 1.165) is 12.0 Å². The summed E-state index contributed by atoms with van der Waals surface area (Å²) in [6.45, 7) is 10.6. The fourth-order valence-electron chi connectivity index (χ4n) is 2.86. The lowest BCUT2D eigenvalue weighted by atomic mass is 9.97. The molecule has 1 N–H and O–H groups in total. The average molecular weight is 473 g/mol. The Morgan fingerprint density at radius 3 is 2.34 bits per heavy atom. The molecule has 2 rings (SSSR count). The number of nitrogens with one attached hydrogen (secondary N) is 1. The van der Waals surface area contributed by atoms with E-state index in [9.17, 15) is 18.0 Å². The van der Waals surface area contributed by atoms with Crippen molar-refractivity contribution in [3.63, 3.8) is 0 Å². The van der Waals surface area contributed by atoms with Gasteiger partial charge < -0.3 is 15.0 Å². The third-order valence-electron chi connectivity index (χ3n) is 4.65. The van der Waals surface area contributed by atoms with Gasteiger partial charge in [0.15, 0.2) is 0 Å². The monoisotopic (exact) mass is 472 g/mol. The minimum atomic E-state index is -4.61. The van der Waals surface area contributed by atoms with Crippen LogP contribution in [0.25, 0.3) is 0 Å². The molecule has 1 unspecified atom stereocenters. The van der Waals surface area contributed by atoms with Gasteiger partial charge >= 0.3 is 12.3 Å². The van der Waals surface area contributed by atoms with Crippen LogP contribution in [-0.4, -0.2) is 39.7 Å². The van der Waals surface area contributed by atoms with Crippen LogP contribution in [0.4, 0.5) is 29.6 Å². The zero-order valence-electron chi connectivity index (χ0n) is 18.8. The van der Waals surface area contributed by atoms with E-state index in [1.807, 2.05) is 39.8 Å². The maximum Gasteiger partial charge on any atom is 0.420 e. The number of benzene rings is 1. The van der Waals surface area contributed by atoms with Crippen molar-refractivity contribution in [2.24, 2.45) is 0 Å². The molecule has 6 nitrogen and oxygen atoms in total. The predicted octanol–water partition coefficient (Wildman–Crippen LogP) is 6.64. The zero-order valence-corrected chi connectivity index (χ0v) is 19.5. The summed E-state index contributed by atoms with van der Waals surface area (Å²) in [6, 6.07) is 7.38. The first-order valence-electron chi connectivity index (χ1n) is 10.2. The van der Waals surface area contributed by atoms with Crippen molar-refractivity contribution < 1.29 is 22.7 Å². The maximum atomic E-state index is 12.8. The van der Waals surface area contributed by atoms with Crippen molar-refractivity contribution in [3.05, 3.63) is 46.7 Å². The van der Waals surface area contributed by atoms with Crippen LogP contribution in [0.2, 0.25) is 5.15 Å². The molecule has 1 atom stereocenters. The van der Waals surface area contributed by atoms with E-state index in [-0.39, 0.29) is 18.0 Å². The molecule has 0 saturated carbocycles. The molecule has 0 spiro atoms. The number of carbonyl (C=O) groups is 1. The largest absolute Gasteiger partial charge is 0.444 e. The topological polar surface area (TPSA) is 67.3 Å². The van der Waals surface area contributed by atoms with Gasteiger partial charge in [-0.15, -0.1) is 0 Å². The zero-order chi connectivity index (χ0) is 24.1. The highest BCUT2D eigenvalue weighted by Crippen LogP contribution is 2.33. The molecule has 0 saturated heterocycles. The summed E-state index contributed by atoms with van der Waals surface area (Å²) in [5.41, 5.74) is 0.0456. The molecule has 1 amide bonds. The van der Waals surface area contributed by atoms with Gasteiger partial charge in [-0.1, -0.05) is 30.7 Å². The van der Waals surface area contributed by atoms with Gasteiger partial charge in [-0.25, -0.2) is 14.8 Å². The fraction of sp³-hybridized carbons (Fsp3) is 0.500. The lowest BCUT2D eigenvalue weighted by Crippen LogP contribution is -2.37. The lowest BCUT2D eigenvalue weighted by molar-refractivity contribution is -0.137. The van der Waals surface area contributed by atoms with E-state index in [2.05, 4.69) is 22.2 Å². The van der Waals surface area contributed by atoms with Crippen molar-refractivity contribution in [2.45, 2.75) is 58.7 Å². The van der Waals surface area contributed by atoms with Crippen molar-refractivity contribution in [1.82, 2.24) is 14.9 Å². The number of halogens is 4. The van der Waals surface area contributed by atoms with Gasteiger partial charge in [0.25, 0.3) is 0 Å². The van der Waals surface area contributed by atoms with Gasteiger partial charge in [0.05, 0.1) is 0 Å². The number of carbonyl (C=O) groups excluding carboxylic acids is 1. The van der Waals surface area contributed by atoms with Crippen LogP contribution in [0.5, 0.6) is 0 Å². The first kappa shape index (κ1) is 25.7. The first-order valence-corrected chi connectivity index (χ1v) is 10.6. The fourth-order valence-corrected chi connectivity index (χ4v) is 3.09. The van der Waals surface area contributed by atoms with Crippen molar-refractivity contribution in [3.8, 4) is 0 Å². The highest BCUT2D eigenvalue weighted by atomic mass is 35.5. The molecule has 2 aromatic rings. The SMILES string of the molecule is CCN(CCC(C)c1ccc(Nc2ncc(C(F)(F)F)c(Cl)n2)cc1)C(=O)OC(C)(C)C. The molecule has 0 aliphatic heterocycles. The highest BCUT2D eigenvalue weighted by molar-refractivity contribution is 6.30. The minimum absolute atomic E-state index is 0.0280. The number of hydrogen-bond acceptors (Lipinski definition) is 5. The first-order chi connectivity index (χ1) is 14.8. The summed E-state index contributed by atoms with van der Waals surface area (Å²) in [5, 5.41) is 2.18. The molecule has 0 radical (unpaired) electrons. The van der Waals surface area contributed by atoms with E-state index in [0.29, 0.717) is 25.0 Å². The second kappa shape index (κ2) is 10.4. The third kappa shape index (κ3) is 7.55. The summed E-state index contributed by atoms with van der Waals surface area (Å²) in [7, 11) is 0. The van der Waals surface area contributed by atoms with Crippen LogP contribution in [0, 0.1) is 0 Å². The van der Waals surface area contributed by atoms with E-state index < -0.39 is 22.5 Å². The van der Waals surface area contributed by atoms with Crippen molar-refractivity contribution in [1.29, 1.82) is 0 Å². The van der Waals surface area contributed by atoms with E-state index >= 15 is 0 Å². The van der Waals surface area contributed by atoms with Crippen LogP contribution < -0.4 is 5.32 Å². The summed E-state index contributed by atoms with van der Waals surface area (Å²) in [6.07, 6.45) is -3.54. The Hall–Kier alpha value is -2.55. The second-order valence-electron chi connectivity index (χ2n) is 8.39. The van der Waals surface area contributed by atoms with Gasteiger partial charge in [-0.05, 0) is 57.7 Å². The van der Waals surface area contributed by atoms with Crippen LogP contribution in [0.1, 0.15) is 58.1 Å². The Labute approximate surface area is 191 Å². The van der Waals surface area contributed by atoms with Gasteiger partial charge in [0, 0.05) is 25.0 Å². The van der Waals surface area contributed by atoms with Gasteiger partial charge in [0.1, 0.15) is 16.3 Å². The number of amides is 1. The molecular weight excluding hydrogens is 445 g/mol. The summed E-state index contributed by atoms with van der Waals surface area (Å²) >= 11 is 5.63. The molecule has 1 aromatic heterocycles. The van der Waals surface area contributed by atoms with Crippen molar-refractivity contribution >= 4 is 29.3 Å². The van der Waals surface area contributed by atoms with Crippen LogP contribution in [0.15, 0.2) is 30.5 Å². The molecule has 0 fully saturated rings. The number of nitrogens with zero attached hydrogens (tertiary/aromatic N) is 3. The lowest BCUT2D eigenvalue weighted by Gasteiger charge is -2.27. The number of hydrogen-bond donors (Lipinski definition) is 1. The third-order valence-corrected chi connectivity index (χ3v) is 4.94. The van der Waals surface area contributed by atoms with Crippen LogP contribution in [-0.2, 0) is 10.9 Å². The van der Waals surface area contributed by atoms with E-state index in [1.165, 1.54) is 0 Å². The smallest absolute Gasteiger partial charge is 0.420 e. The summed E-state index contributed by atoms with van der Waals surface area (Å²) in [5.74, 6) is 0.150. The average Bonchev–Trinajstić information content (AvgIpc) is 2.66. The van der Waals surface area contributed by atoms with Crippen LogP contribution >= 0.6 is 11.6 Å². The number of alkyl halides is 3. The van der Waals surface area contributed by atoms with Gasteiger partial charge in [0.2, 0.25) is 5.95 Å². The van der Waals surface area contributed by atoms with Gasteiger partial charge in [-0.2, -0.15) is 13.2 Å². The minimum Gasteiger partial charge on any atom is -0.444 e.